The van der Waals surface area contributed by atoms with Gasteiger partial charge in [0, 0.05) is 6.08 Å². The molecule has 0 saturated carbocycles. The van der Waals surface area contributed by atoms with Gasteiger partial charge in [0.25, 0.3) is 0 Å². The summed E-state index contributed by atoms with van der Waals surface area (Å²) in [4.78, 5) is 12.2. The van der Waals surface area contributed by atoms with E-state index in [4.69, 9.17) is 14.2 Å². The van der Waals surface area contributed by atoms with E-state index in [-0.39, 0.29) is 11.5 Å². The molecule has 1 heterocycles. The first-order valence-corrected chi connectivity index (χ1v) is 10.0. The van der Waals surface area contributed by atoms with Crippen LogP contribution >= 0.6 is 0 Å². The Bertz CT molecular complexity index is 884. The zero-order valence-electron chi connectivity index (χ0n) is 17.2. The van der Waals surface area contributed by atoms with Crippen LogP contribution in [0, 0.1) is 0 Å². The second-order valence-electron chi connectivity index (χ2n) is 7.65. The summed E-state index contributed by atoms with van der Waals surface area (Å²) >= 11 is 0. The molecule has 1 saturated heterocycles. The molecule has 0 spiro atoms. The third kappa shape index (κ3) is 5.69. The van der Waals surface area contributed by atoms with Crippen molar-refractivity contribution in [1.82, 2.24) is 0 Å². The number of hydrogen-bond donors (Lipinski definition) is 8. The van der Waals surface area contributed by atoms with Gasteiger partial charge < -0.3 is 55.1 Å². The van der Waals surface area contributed by atoms with Crippen LogP contribution in [0.1, 0.15) is 5.56 Å². The number of carbonyl (C=O) groups is 1. The Morgan fingerprint density at radius 1 is 0.970 bits per heavy atom. The van der Waals surface area contributed by atoms with Gasteiger partial charge in [0.1, 0.15) is 42.7 Å². The molecule has 9 atom stereocenters. The fourth-order valence-corrected chi connectivity index (χ4v) is 3.42. The summed E-state index contributed by atoms with van der Waals surface area (Å²) in [5.41, 5.74) is 0.371. The number of carbonyl (C=O) groups excluding carboxylic acids is 1. The van der Waals surface area contributed by atoms with E-state index in [1.807, 2.05) is 0 Å². The standard InChI is InChI=1S/C21H26O12/c22-8-14-16(27)18(29)19(30)21(32-14)31-13-5-4-11(24)20(17(13)28)33-15(26)6-2-9-1-3-10(23)12(25)7-9/h1-7,11,13-14,16-25,27-30H,8H2/t11-,13+,14+,16-,17+,18-,19-,20-,21-/m1/s1. The predicted molar refractivity (Wildman–Crippen MR) is 108 cm³/mol. The summed E-state index contributed by atoms with van der Waals surface area (Å²) in [7, 11) is 0. The molecule has 1 aromatic carbocycles. The Kier molecular flexibility index (Phi) is 8.05. The van der Waals surface area contributed by atoms with E-state index in [0.717, 1.165) is 6.08 Å². The van der Waals surface area contributed by atoms with Crippen molar-refractivity contribution in [1.29, 1.82) is 0 Å². The van der Waals surface area contributed by atoms with Crippen LogP contribution in [-0.2, 0) is 19.0 Å². The van der Waals surface area contributed by atoms with Crippen molar-refractivity contribution in [3.05, 3.63) is 42.0 Å². The van der Waals surface area contributed by atoms with E-state index >= 15 is 0 Å². The van der Waals surface area contributed by atoms with Crippen LogP contribution in [0.5, 0.6) is 11.5 Å². The van der Waals surface area contributed by atoms with Gasteiger partial charge in [-0.1, -0.05) is 18.2 Å². The van der Waals surface area contributed by atoms with Gasteiger partial charge in [-0.25, -0.2) is 4.79 Å². The van der Waals surface area contributed by atoms with Gasteiger partial charge in [0.2, 0.25) is 0 Å². The van der Waals surface area contributed by atoms with E-state index in [1.54, 1.807) is 0 Å². The Hall–Kier alpha value is -2.55. The first-order valence-electron chi connectivity index (χ1n) is 10.0. The molecule has 12 nitrogen and oxygen atoms in total. The molecule has 182 valence electrons. The first kappa shape index (κ1) is 25.1. The van der Waals surface area contributed by atoms with Crippen molar-refractivity contribution < 1.29 is 59.9 Å². The van der Waals surface area contributed by atoms with Gasteiger partial charge in [-0.2, -0.15) is 0 Å². The average Bonchev–Trinajstić information content (AvgIpc) is 2.79. The smallest absolute Gasteiger partial charge is 0.331 e. The number of aromatic hydroxyl groups is 2. The van der Waals surface area contributed by atoms with Gasteiger partial charge in [-0.05, 0) is 23.8 Å². The molecule has 8 N–H and O–H groups in total. The quantitative estimate of drug-likeness (QED) is 0.0940. The summed E-state index contributed by atoms with van der Waals surface area (Å²) in [5, 5.41) is 78.5. The van der Waals surface area contributed by atoms with Gasteiger partial charge in [0.05, 0.1) is 6.61 Å². The Labute approximate surface area is 187 Å². The van der Waals surface area contributed by atoms with E-state index < -0.39 is 67.7 Å². The molecule has 0 bridgehead atoms. The number of ether oxygens (including phenoxy) is 3. The van der Waals surface area contributed by atoms with Crippen molar-refractivity contribution >= 4 is 12.0 Å². The fraction of sp³-hybridized carbons (Fsp3) is 0.476. The highest BCUT2D eigenvalue weighted by molar-refractivity contribution is 5.87. The minimum atomic E-state index is -1.71. The molecular formula is C21H26O12. The highest BCUT2D eigenvalue weighted by Gasteiger charge is 2.47. The van der Waals surface area contributed by atoms with Crippen LogP contribution in [0.25, 0.3) is 6.08 Å². The molecule has 0 amide bonds. The van der Waals surface area contributed by atoms with Gasteiger partial charge in [-0.15, -0.1) is 0 Å². The van der Waals surface area contributed by atoms with Crippen molar-refractivity contribution in [3.63, 3.8) is 0 Å². The van der Waals surface area contributed by atoms with Crippen LogP contribution in [0.3, 0.4) is 0 Å². The SMILES string of the molecule is O=C(C=Cc1ccc(O)c(O)c1)O[C@H]1[C@@H](O)[C@@H](O[C@@H]2O[C@@H](CO)[C@@H](O)[C@@H](O)[C@H]2O)C=C[C@H]1O. The number of phenolic OH excluding ortho intramolecular Hbond substituents is 2. The van der Waals surface area contributed by atoms with Gasteiger partial charge in [-0.3, -0.25) is 0 Å². The molecule has 1 aromatic rings. The normalized spacial score (nSPS) is 36.7. The topological polar surface area (TPSA) is 207 Å². The second-order valence-corrected chi connectivity index (χ2v) is 7.65. The minimum absolute atomic E-state index is 0.333. The Balaban J connectivity index is 1.64. The van der Waals surface area contributed by atoms with Crippen LogP contribution in [-0.4, -0.2) is 109 Å². The lowest BCUT2D eigenvalue weighted by Gasteiger charge is -2.42. The molecule has 1 aliphatic heterocycles. The van der Waals surface area contributed by atoms with Crippen LogP contribution in [0.15, 0.2) is 36.4 Å². The molecule has 3 rings (SSSR count). The maximum atomic E-state index is 12.2. The molecule has 0 aromatic heterocycles. The largest absolute Gasteiger partial charge is 0.504 e. The molecule has 2 aliphatic rings. The summed E-state index contributed by atoms with van der Waals surface area (Å²) in [6.45, 7) is -0.669. The minimum Gasteiger partial charge on any atom is -0.504 e. The number of hydrogen-bond acceptors (Lipinski definition) is 12. The third-order valence-electron chi connectivity index (χ3n) is 5.31. The first-order chi connectivity index (χ1) is 15.6. The number of aliphatic hydroxyl groups is 6. The monoisotopic (exact) mass is 470 g/mol. The molecule has 0 unspecified atom stereocenters. The number of benzene rings is 1. The molecule has 1 fully saturated rings. The zero-order valence-corrected chi connectivity index (χ0v) is 17.2. The van der Waals surface area contributed by atoms with E-state index in [0.29, 0.717) is 5.56 Å². The molecular weight excluding hydrogens is 444 g/mol. The van der Waals surface area contributed by atoms with Gasteiger partial charge in [0.15, 0.2) is 23.9 Å². The number of rotatable bonds is 6. The van der Waals surface area contributed by atoms with Crippen LogP contribution < -0.4 is 0 Å². The number of esters is 1. The molecule has 12 heteroatoms. The van der Waals surface area contributed by atoms with Crippen molar-refractivity contribution in [2.75, 3.05) is 6.61 Å². The Morgan fingerprint density at radius 2 is 1.70 bits per heavy atom. The van der Waals surface area contributed by atoms with Crippen molar-refractivity contribution in [2.24, 2.45) is 0 Å². The number of phenols is 2. The average molecular weight is 470 g/mol. The van der Waals surface area contributed by atoms with Gasteiger partial charge >= 0.3 is 5.97 Å². The van der Waals surface area contributed by atoms with Crippen molar-refractivity contribution in [2.45, 2.75) is 55.1 Å². The van der Waals surface area contributed by atoms with E-state index in [2.05, 4.69) is 0 Å². The second kappa shape index (κ2) is 10.6. The fourth-order valence-electron chi connectivity index (χ4n) is 3.42. The van der Waals surface area contributed by atoms with Crippen molar-refractivity contribution in [3.8, 4) is 11.5 Å². The summed E-state index contributed by atoms with van der Waals surface area (Å²) in [6, 6.07) is 3.85. The lowest BCUT2D eigenvalue weighted by atomic mass is 9.95. The predicted octanol–water partition coefficient (Wildman–Crippen LogP) is -2.50. The van der Waals surface area contributed by atoms with Crippen LogP contribution in [0.4, 0.5) is 0 Å². The van der Waals surface area contributed by atoms with Crippen LogP contribution in [0.2, 0.25) is 0 Å². The Morgan fingerprint density at radius 3 is 2.36 bits per heavy atom. The maximum Gasteiger partial charge on any atom is 0.331 e. The summed E-state index contributed by atoms with van der Waals surface area (Å²) < 4.78 is 15.8. The third-order valence-corrected chi connectivity index (χ3v) is 5.31. The zero-order chi connectivity index (χ0) is 24.3. The molecule has 0 radical (unpaired) electrons. The molecule has 33 heavy (non-hydrogen) atoms. The molecule has 1 aliphatic carbocycles. The summed E-state index contributed by atoms with van der Waals surface area (Å²) in [5.74, 6) is -1.66. The summed E-state index contributed by atoms with van der Waals surface area (Å²) in [6.07, 6.45) is -8.74. The lowest BCUT2D eigenvalue weighted by Crippen LogP contribution is -2.61. The number of aliphatic hydroxyl groups excluding tert-OH is 6. The maximum absolute atomic E-state index is 12.2. The highest BCUT2D eigenvalue weighted by atomic mass is 16.7. The highest BCUT2D eigenvalue weighted by Crippen LogP contribution is 2.28. The van der Waals surface area contributed by atoms with E-state index in [1.165, 1.54) is 36.4 Å². The van der Waals surface area contributed by atoms with E-state index in [9.17, 15) is 45.6 Å². The lowest BCUT2D eigenvalue weighted by molar-refractivity contribution is -0.315.